The van der Waals surface area contributed by atoms with Crippen molar-refractivity contribution in [2.24, 2.45) is 0 Å². The molecule has 0 radical (unpaired) electrons. The molecule has 0 fully saturated rings. The molecule has 0 aliphatic carbocycles. The Morgan fingerprint density at radius 2 is 1.69 bits per heavy atom. The maximum absolute atomic E-state index is 13.0. The summed E-state index contributed by atoms with van der Waals surface area (Å²) in [6, 6.07) is 9.65. The molecular formula is C24H30Cl2N4O5. The predicted molar refractivity (Wildman–Crippen MR) is 135 cm³/mol. The molecule has 0 saturated heterocycles. The topological polar surface area (TPSA) is 110 Å². The molecule has 2 N–H and O–H groups in total. The summed E-state index contributed by atoms with van der Waals surface area (Å²) in [5.74, 6) is -1.03. The Hall–Kier alpha value is -3.04. The second kappa shape index (κ2) is 12.6. The van der Waals surface area contributed by atoms with Crippen LogP contribution in [0.25, 0.3) is 0 Å². The van der Waals surface area contributed by atoms with Crippen molar-refractivity contribution >= 4 is 41.1 Å². The largest absolute Gasteiger partial charge is 0.444 e. The summed E-state index contributed by atoms with van der Waals surface area (Å²) in [5, 5.41) is 5.94. The highest BCUT2D eigenvalue weighted by molar-refractivity contribution is 6.30. The molecule has 11 heteroatoms. The minimum atomic E-state index is -0.630. The molecule has 0 atom stereocenters. The van der Waals surface area contributed by atoms with Gasteiger partial charge in [0.2, 0.25) is 0 Å². The van der Waals surface area contributed by atoms with Crippen LogP contribution >= 0.6 is 23.2 Å². The number of hydrogen-bond donors (Lipinski definition) is 2. The molecule has 2 rings (SSSR count). The number of halogens is 2. The lowest BCUT2D eigenvalue weighted by molar-refractivity contribution is 0.0299. The molecule has 0 aliphatic rings. The zero-order chi connectivity index (χ0) is 26.2. The van der Waals surface area contributed by atoms with E-state index in [1.54, 1.807) is 52.1 Å². The first-order chi connectivity index (χ1) is 16.4. The lowest BCUT2D eigenvalue weighted by atomic mass is 10.2. The minimum absolute atomic E-state index is 0.0409. The first kappa shape index (κ1) is 28.2. The fourth-order valence-corrected chi connectivity index (χ4v) is 3.29. The Kier molecular flexibility index (Phi) is 10.2. The SMILES string of the molecule is CN(CCNC(=O)c1ccc(C(=O)NCc2ccc(Cl)cc2)c(=O)n1CCCl)C(=O)OC(C)(C)C. The molecule has 0 saturated carbocycles. The summed E-state index contributed by atoms with van der Waals surface area (Å²) in [6.45, 7) is 5.87. The molecule has 0 unspecified atom stereocenters. The van der Waals surface area contributed by atoms with Crippen LogP contribution in [-0.2, 0) is 17.8 Å². The van der Waals surface area contributed by atoms with E-state index < -0.39 is 29.1 Å². The van der Waals surface area contributed by atoms with Gasteiger partial charge in [-0.05, 0) is 50.6 Å². The highest BCUT2D eigenvalue weighted by atomic mass is 35.5. The smallest absolute Gasteiger partial charge is 0.410 e. The molecule has 190 valence electrons. The fraction of sp³-hybridized carbons (Fsp3) is 0.417. The van der Waals surface area contributed by atoms with E-state index >= 15 is 0 Å². The molecule has 0 spiro atoms. The van der Waals surface area contributed by atoms with Gasteiger partial charge in [-0.25, -0.2) is 4.79 Å². The normalized spacial score (nSPS) is 11.0. The van der Waals surface area contributed by atoms with Gasteiger partial charge in [0.15, 0.2) is 0 Å². The molecule has 2 aromatic rings. The third kappa shape index (κ3) is 8.60. The van der Waals surface area contributed by atoms with Gasteiger partial charge in [-0.2, -0.15) is 0 Å². The van der Waals surface area contributed by atoms with Gasteiger partial charge in [0.05, 0.1) is 0 Å². The van der Waals surface area contributed by atoms with Crippen molar-refractivity contribution < 1.29 is 19.1 Å². The van der Waals surface area contributed by atoms with Gasteiger partial charge in [-0.1, -0.05) is 23.7 Å². The standard InChI is InChI=1S/C24H30Cl2N4O5/c1-24(2,3)35-23(34)29(4)14-12-27-21(32)19-10-9-18(22(33)30(19)13-11-25)20(31)28-15-16-5-7-17(26)8-6-16/h5-10H,11-15H2,1-4H3,(H,27,32)(H,28,31). The van der Waals surface area contributed by atoms with Crippen molar-refractivity contribution in [3.05, 3.63) is 68.6 Å². The van der Waals surface area contributed by atoms with Crippen molar-refractivity contribution in [2.45, 2.75) is 39.5 Å². The monoisotopic (exact) mass is 524 g/mol. The van der Waals surface area contributed by atoms with Crippen LogP contribution in [0.4, 0.5) is 4.79 Å². The van der Waals surface area contributed by atoms with Crippen LogP contribution in [0.3, 0.4) is 0 Å². The highest BCUT2D eigenvalue weighted by Crippen LogP contribution is 2.10. The van der Waals surface area contributed by atoms with E-state index in [0.29, 0.717) is 5.02 Å². The van der Waals surface area contributed by atoms with Crippen molar-refractivity contribution in [2.75, 3.05) is 26.0 Å². The number of likely N-dealkylation sites (N-methyl/N-ethyl adjacent to an activating group) is 1. The quantitative estimate of drug-likeness (QED) is 0.489. The number of benzene rings is 1. The average Bonchev–Trinajstić information content (AvgIpc) is 2.78. The van der Waals surface area contributed by atoms with Gasteiger partial charge in [0, 0.05) is 44.1 Å². The number of pyridine rings is 1. The van der Waals surface area contributed by atoms with E-state index in [-0.39, 0.29) is 43.3 Å². The van der Waals surface area contributed by atoms with Gasteiger partial charge in [-0.15, -0.1) is 11.6 Å². The van der Waals surface area contributed by atoms with Crippen LogP contribution < -0.4 is 16.2 Å². The highest BCUT2D eigenvalue weighted by Gasteiger charge is 2.21. The van der Waals surface area contributed by atoms with E-state index in [4.69, 9.17) is 27.9 Å². The number of alkyl halides is 1. The summed E-state index contributed by atoms with van der Waals surface area (Å²) in [4.78, 5) is 51.7. The first-order valence-electron chi connectivity index (χ1n) is 11.0. The summed E-state index contributed by atoms with van der Waals surface area (Å²) < 4.78 is 6.43. The molecule has 0 aliphatic heterocycles. The Morgan fingerprint density at radius 3 is 2.29 bits per heavy atom. The zero-order valence-electron chi connectivity index (χ0n) is 20.2. The van der Waals surface area contributed by atoms with Gasteiger partial charge in [0.25, 0.3) is 17.4 Å². The second-order valence-corrected chi connectivity index (χ2v) is 9.56. The third-order valence-electron chi connectivity index (χ3n) is 4.76. The van der Waals surface area contributed by atoms with Crippen molar-refractivity contribution in [3.63, 3.8) is 0 Å². The van der Waals surface area contributed by atoms with Crippen molar-refractivity contribution in [1.82, 2.24) is 20.1 Å². The summed E-state index contributed by atoms with van der Waals surface area (Å²) in [6.07, 6.45) is -0.514. The Bertz CT molecular complexity index is 1110. The molecular weight excluding hydrogens is 495 g/mol. The molecule has 0 bridgehead atoms. The maximum Gasteiger partial charge on any atom is 0.410 e. The minimum Gasteiger partial charge on any atom is -0.444 e. The zero-order valence-corrected chi connectivity index (χ0v) is 21.7. The van der Waals surface area contributed by atoms with Crippen molar-refractivity contribution in [3.8, 4) is 0 Å². The van der Waals surface area contributed by atoms with Crippen LogP contribution in [0, 0.1) is 0 Å². The number of nitrogens with one attached hydrogen (secondary N) is 2. The first-order valence-corrected chi connectivity index (χ1v) is 11.9. The predicted octanol–water partition coefficient (Wildman–Crippen LogP) is 3.27. The van der Waals surface area contributed by atoms with Crippen molar-refractivity contribution in [1.29, 1.82) is 0 Å². The molecule has 1 aromatic heterocycles. The number of aromatic nitrogens is 1. The molecule has 9 nitrogen and oxygen atoms in total. The maximum atomic E-state index is 13.0. The van der Waals surface area contributed by atoms with E-state index in [0.717, 1.165) is 10.1 Å². The van der Waals surface area contributed by atoms with E-state index in [2.05, 4.69) is 10.6 Å². The van der Waals surface area contributed by atoms with Crippen LogP contribution in [0.15, 0.2) is 41.2 Å². The van der Waals surface area contributed by atoms with Crippen LogP contribution in [0.1, 0.15) is 47.2 Å². The Balaban J connectivity index is 2.06. The number of nitrogens with zero attached hydrogens (tertiary/aromatic N) is 2. The molecule has 3 amide bonds. The van der Waals surface area contributed by atoms with Gasteiger partial charge in [-0.3, -0.25) is 14.4 Å². The number of carbonyl (C=O) groups is 3. The van der Waals surface area contributed by atoms with Crippen LogP contribution in [-0.4, -0.2) is 59.0 Å². The average molecular weight is 525 g/mol. The lowest BCUT2D eigenvalue weighted by Crippen LogP contribution is -2.41. The number of amides is 3. The fourth-order valence-electron chi connectivity index (χ4n) is 2.99. The molecule has 1 heterocycles. The van der Waals surface area contributed by atoms with Crippen LogP contribution in [0.2, 0.25) is 5.02 Å². The van der Waals surface area contributed by atoms with Gasteiger partial charge >= 0.3 is 6.09 Å². The van der Waals surface area contributed by atoms with E-state index in [1.807, 2.05) is 0 Å². The number of hydrogen-bond acceptors (Lipinski definition) is 5. The number of carbonyl (C=O) groups excluding carboxylic acids is 3. The number of ether oxygens (including phenoxy) is 1. The third-order valence-corrected chi connectivity index (χ3v) is 5.18. The van der Waals surface area contributed by atoms with E-state index in [9.17, 15) is 19.2 Å². The second-order valence-electron chi connectivity index (χ2n) is 8.74. The summed E-state index contributed by atoms with van der Waals surface area (Å²) >= 11 is 11.7. The Morgan fingerprint density at radius 1 is 1.03 bits per heavy atom. The molecule has 1 aromatic carbocycles. The van der Waals surface area contributed by atoms with Gasteiger partial charge in [0.1, 0.15) is 16.9 Å². The Labute approximate surface area is 214 Å². The lowest BCUT2D eigenvalue weighted by Gasteiger charge is -2.24. The van der Waals surface area contributed by atoms with E-state index in [1.165, 1.54) is 17.0 Å². The number of rotatable bonds is 9. The summed E-state index contributed by atoms with van der Waals surface area (Å²) in [5.41, 5.74) is -0.487. The molecule has 35 heavy (non-hydrogen) atoms. The summed E-state index contributed by atoms with van der Waals surface area (Å²) in [7, 11) is 1.56. The van der Waals surface area contributed by atoms with Gasteiger partial charge < -0.3 is 24.8 Å². The van der Waals surface area contributed by atoms with Crippen LogP contribution in [0.5, 0.6) is 0 Å².